The quantitative estimate of drug-likeness (QED) is 0.440. The van der Waals surface area contributed by atoms with Crippen LogP contribution in [0.2, 0.25) is 0 Å². The third-order valence-electron chi connectivity index (χ3n) is 3.39. The molecule has 1 fully saturated rings. The van der Waals surface area contributed by atoms with E-state index in [0.717, 1.165) is 16.5 Å². The Morgan fingerprint density at radius 3 is 2.67 bits per heavy atom. The number of rotatable bonds is 5. The number of methoxy groups -OCH3 is 1. The first-order chi connectivity index (χ1) is 8.65. The van der Waals surface area contributed by atoms with E-state index in [1.54, 1.807) is 11.8 Å². The van der Waals surface area contributed by atoms with Crippen molar-refractivity contribution in [1.29, 1.82) is 0 Å². The van der Waals surface area contributed by atoms with Gasteiger partial charge in [-0.2, -0.15) is 0 Å². The molecule has 104 valence electrons. The van der Waals surface area contributed by atoms with Crippen molar-refractivity contribution in [3.63, 3.8) is 0 Å². The monoisotopic (exact) mass is 289 g/mol. The molecule has 0 amide bonds. The molecule has 0 atom stereocenters. The van der Waals surface area contributed by atoms with Crippen LogP contribution < -0.4 is 0 Å². The van der Waals surface area contributed by atoms with Crippen molar-refractivity contribution in [3.8, 4) is 0 Å². The van der Waals surface area contributed by atoms with Gasteiger partial charge in [0.2, 0.25) is 0 Å². The fraction of sp³-hybridized carbons (Fsp3) is 0.846. The van der Waals surface area contributed by atoms with Gasteiger partial charge in [0.25, 0.3) is 0 Å². The van der Waals surface area contributed by atoms with Gasteiger partial charge in [0.15, 0.2) is 0 Å². The van der Waals surface area contributed by atoms with E-state index in [-0.39, 0.29) is 5.97 Å². The fourth-order valence-electron chi connectivity index (χ4n) is 2.20. The Bertz CT molecular complexity index is 278. The second kappa shape index (κ2) is 8.75. The topological polar surface area (TPSA) is 29.5 Å². The van der Waals surface area contributed by atoms with Crippen molar-refractivity contribution in [2.45, 2.75) is 51.0 Å². The molecule has 0 heterocycles. The van der Waals surface area contributed by atoms with E-state index in [0.29, 0.717) is 12.5 Å². The van der Waals surface area contributed by atoms with Crippen molar-refractivity contribution in [1.82, 2.24) is 4.90 Å². The number of carbonyl (C=O) groups is 1. The van der Waals surface area contributed by atoms with Crippen LogP contribution in [0.1, 0.15) is 44.9 Å². The Morgan fingerprint density at radius 2 is 2.06 bits per heavy atom. The van der Waals surface area contributed by atoms with Crippen molar-refractivity contribution in [2.75, 3.05) is 19.9 Å². The number of esters is 1. The highest BCUT2D eigenvalue weighted by Gasteiger charge is 2.19. The molecule has 1 aliphatic carbocycles. The lowest BCUT2D eigenvalue weighted by atomic mass is 9.95. The van der Waals surface area contributed by atoms with Gasteiger partial charge >= 0.3 is 5.97 Å². The van der Waals surface area contributed by atoms with E-state index in [1.165, 1.54) is 39.2 Å². The lowest BCUT2D eigenvalue weighted by Gasteiger charge is -2.32. The average Bonchev–Trinajstić information content (AvgIpc) is 2.43. The largest absolute Gasteiger partial charge is 0.469 e. The van der Waals surface area contributed by atoms with Gasteiger partial charge in [-0.3, -0.25) is 4.79 Å². The van der Waals surface area contributed by atoms with E-state index in [4.69, 9.17) is 12.2 Å². The summed E-state index contributed by atoms with van der Waals surface area (Å²) in [6.07, 6.45) is 7.85. The van der Waals surface area contributed by atoms with Crippen LogP contribution in [0.5, 0.6) is 0 Å². The van der Waals surface area contributed by atoms with Crippen LogP contribution in [0.3, 0.4) is 0 Å². The third-order valence-corrected chi connectivity index (χ3v) is 5.06. The molecule has 0 aromatic rings. The Hall–Kier alpha value is -0.290. The zero-order chi connectivity index (χ0) is 13.4. The number of thioether (sulfide) groups is 1. The minimum atomic E-state index is -0.137. The van der Waals surface area contributed by atoms with Crippen molar-refractivity contribution in [3.05, 3.63) is 0 Å². The highest BCUT2D eigenvalue weighted by molar-refractivity contribution is 8.22. The lowest BCUT2D eigenvalue weighted by Crippen LogP contribution is -2.36. The molecule has 18 heavy (non-hydrogen) atoms. The summed E-state index contributed by atoms with van der Waals surface area (Å²) >= 11 is 7.12. The summed E-state index contributed by atoms with van der Waals surface area (Å²) in [5.74, 6) is 0.757. The molecule has 0 spiro atoms. The van der Waals surface area contributed by atoms with E-state index in [9.17, 15) is 4.79 Å². The molecule has 3 nitrogen and oxygen atoms in total. The summed E-state index contributed by atoms with van der Waals surface area (Å²) in [4.78, 5) is 13.2. The van der Waals surface area contributed by atoms with Crippen molar-refractivity contribution >= 4 is 34.3 Å². The van der Waals surface area contributed by atoms with Crippen LogP contribution >= 0.6 is 24.0 Å². The molecule has 0 aromatic heterocycles. The Morgan fingerprint density at radius 1 is 1.39 bits per heavy atom. The molecule has 0 N–H and O–H groups in total. The van der Waals surface area contributed by atoms with Gasteiger partial charge in [0.05, 0.1) is 7.11 Å². The van der Waals surface area contributed by atoms with Gasteiger partial charge in [-0.1, -0.05) is 43.2 Å². The van der Waals surface area contributed by atoms with Gasteiger partial charge in [-0.15, -0.1) is 0 Å². The van der Waals surface area contributed by atoms with Crippen molar-refractivity contribution < 1.29 is 9.53 Å². The molecule has 0 aromatic carbocycles. The van der Waals surface area contributed by atoms with Crippen LogP contribution in [0.4, 0.5) is 0 Å². The maximum Gasteiger partial charge on any atom is 0.305 e. The molecule has 0 saturated heterocycles. The van der Waals surface area contributed by atoms with Gasteiger partial charge in [0.1, 0.15) is 4.32 Å². The van der Waals surface area contributed by atoms with Crippen LogP contribution in [-0.4, -0.2) is 41.1 Å². The summed E-state index contributed by atoms with van der Waals surface area (Å²) in [7, 11) is 3.53. The smallest absolute Gasteiger partial charge is 0.305 e. The first-order valence-corrected chi connectivity index (χ1v) is 8.01. The predicted molar refractivity (Wildman–Crippen MR) is 80.9 cm³/mol. The predicted octanol–water partition coefficient (Wildman–Crippen LogP) is 3.22. The number of hydrogen-bond acceptors (Lipinski definition) is 4. The average molecular weight is 289 g/mol. The molecule has 0 bridgehead atoms. The molecule has 1 aliphatic rings. The Balaban J connectivity index is 2.17. The van der Waals surface area contributed by atoms with Gasteiger partial charge in [0, 0.05) is 25.3 Å². The molecular formula is C13H23NO2S2. The normalized spacial score (nSPS) is 16.3. The van der Waals surface area contributed by atoms with E-state index < -0.39 is 0 Å². The number of hydrogen-bond donors (Lipinski definition) is 0. The minimum Gasteiger partial charge on any atom is -0.469 e. The summed E-state index contributed by atoms with van der Waals surface area (Å²) in [6, 6.07) is 0.624. The Labute approximate surface area is 120 Å². The first kappa shape index (κ1) is 15.8. The fourth-order valence-corrected chi connectivity index (χ4v) is 3.41. The first-order valence-electron chi connectivity index (χ1n) is 6.61. The number of nitrogens with zero attached hydrogens (tertiary/aromatic N) is 1. The number of ether oxygens (including phenoxy) is 1. The molecule has 0 radical (unpaired) electrons. The van der Waals surface area contributed by atoms with Gasteiger partial charge in [-0.25, -0.2) is 0 Å². The molecule has 5 heteroatoms. The molecular weight excluding hydrogens is 266 g/mol. The standard InChI is InChI=1S/C13H23NO2S2/c1-14(11-7-4-3-5-8-11)13(17)18-10-6-9-12(15)16-2/h11H,3-10H2,1-2H3. The third kappa shape index (κ3) is 5.57. The highest BCUT2D eigenvalue weighted by atomic mass is 32.2. The molecule has 1 rings (SSSR count). The maximum atomic E-state index is 11.0. The van der Waals surface area contributed by atoms with Crippen LogP contribution in [-0.2, 0) is 9.53 Å². The lowest BCUT2D eigenvalue weighted by molar-refractivity contribution is -0.140. The van der Waals surface area contributed by atoms with E-state index in [1.807, 2.05) is 0 Å². The number of thiocarbonyl (C=S) groups is 1. The highest BCUT2D eigenvalue weighted by Crippen LogP contribution is 2.24. The minimum absolute atomic E-state index is 0.137. The zero-order valence-corrected chi connectivity index (χ0v) is 12.9. The van der Waals surface area contributed by atoms with E-state index >= 15 is 0 Å². The van der Waals surface area contributed by atoms with E-state index in [2.05, 4.69) is 16.7 Å². The second-order valence-electron chi connectivity index (χ2n) is 4.70. The summed E-state index contributed by atoms with van der Waals surface area (Å²) in [5.41, 5.74) is 0. The second-order valence-corrected chi connectivity index (χ2v) is 6.43. The van der Waals surface area contributed by atoms with Gasteiger partial charge < -0.3 is 9.64 Å². The number of carbonyl (C=O) groups excluding carboxylic acids is 1. The Kier molecular flexibility index (Phi) is 7.66. The summed E-state index contributed by atoms with van der Waals surface area (Å²) < 4.78 is 5.57. The van der Waals surface area contributed by atoms with Crippen LogP contribution in [0.15, 0.2) is 0 Å². The van der Waals surface area contributed by atoms with Gasteiger partial charge in [-0.05, 0) is 19.3 Å². The zero-order valence-electron chi connectivity index (χ0n) is 11.3. The summed E-state index contributed by atoms with van der Waals surface area (Å²) in [6.45, 7) is 0. The molecule has 0 aliphatic heterocycles. The summed E-state index contributed by atoms with van der Waals surface area (Å²) in [5, 5.41) is 0. The van der Waals surface area contributed by atoms with Crippen LogP contribution in [0, 0.1) is 0 Å². The maximum absolute atomic E-state index is 11.0. The molecule has 0 unspecified atom stereocenters. The SMILES string of the molecule is COC(=O)CCCSC(=S)N(C)C1CCCCC1. The molecule has 1 saturated carbocycles. The van der Waals surface area contributed by atoms with Crippen molar-refractivity contribution in [2.24, 2.45) is 0 Å². The van der Waals surface area contributed by atoms with Crippen LogP contribution in [0.25, 0.3) is 0 Å².